The normalized spacial score (nSPS) is 19.2. The van der Waals surface area contributed by atoms with Crippen molar-refractivity contribution in [2.45, 2.75) is 51.2 Å². The zero-order valence-corrected chi connectivity index (χ0v) is 17.2. The number of fused-ring (bicyclic) bond motifs is 1. The molecule has 0 radical (unpaired) electrons. The van der Waals surface area contributed by atoms with Crippen LogP contribution in [0.1, 0.15) is 32.6 Å². The topological polar surface area (TPSA) is 93.7 Å². The number of nitrogens with two attached hydrogens (primary N) is 1. The Labute approximate surface area is 175 Å². The number of rotatable bonds is 5. The Morgan fingerprint density at radius 2 is 2.07 bits per heavy atom. The maximum absolute atomic E-state index is 6.29. The summed E-state index contributed by atoms with van der Waals surface area (Å²) in [5.41, 5.74) is 8.67. The monoisotopic (exact) mass is 420 g/mol. The van der Waals surface area contributed by atoms with Gasteiger partial charge in [0.15, 0.2) is 17.0 Å². The number of imidazole rings is 1. The minimum atomic E-state index is 0. The molecule has 0 bridgehead atoms. The van der Waals surface area contributed by atoms with Crippen LogP contribution in [0.25, 0.3) is 11.2 Å². The number of aryl methyl sites for hydroxylation is 1. The van der Waals surface area contributed by atoms with Crippen LogP contribution in [0.3, 0.4) is 0 Å². The Kier molecular flexibility index (Phi) is 6.59. The summed E-state index contributed by atoms with van der Waals surface area (Å²) in [6.07, 6.45) is 6.21. The van der Waals surface area contributed by atoms with Crippen LogP contribution in [0, 0.1) is 0 Å². The first kappa shape index (κ1) is 20.6. The first-order chi connectivity index (χ1) is 13.1. The van der Waals surface area contributed by atoms with E-state index in [0.29, 0.717) is 16.8 Å². The van der Waals surface area contributed by atoms with E-state index in [4.69, 9.17) is 27.3 Å². The summed E-state index contributed by atoms with van der Waals surface area (Å²) < 4.78 is 2.01. The molecule has 1 aromatic carbocycles. The lowest BCUT2D eigenvalue weighted by molar-refractivity contribution is -0.00000579. The summed E-state index contributed by atoms with van der Waals surface area (Å²) in [7, 11) is 0. The van der Waals surface area contributed by atoms with Crippen molar-refractivity contribution in [3.05, 3.63) is 35.6 Å². The Bertz CT molecular complexity index is 943. The van der Waals surface area contributed by atoms with Gasteiger partial charge in [-0.3, -0.25) is 0 Å². The molecule has 9 heteroatoms. The van der Waals surface area contributed by atoms with E-state index in [-0.39, 0.29) is 24.5 Å². The van der Waals surface area contributed by atoms with Crippen molar-refractivity contribution >= 4 is 40.2 Å². The summed E-state index contributed by atoms with van der Waals surface area (Å²) in [4.78, 5) is 13.9. The van der Waals surface area contributed by atoms with Crippen molar-refractivity contribution in [2.75, 3.05) is 10.6 Å². The fraction of sp³-hybridized carbons (Fsp3) is 0.421. The molecule has 4 rings (SSSR count). The molecule has 1 saturated carbocycles. The number of benzene rings is 1. The second-order valence-corrected chi connectivity index (χ2v) is 7.37. The molecule has 0 spiro atoms. The summed E-state index contributed by atoms with van der Waals surface area (Å²) >= 11 is 6.11. The van der Waals surface area contributed by atoms with Gasteiger partial charge >= 0.3 is 0 Å². The minimum Gasteiger partial charge on any atom is -1.00 e. The standard InChI is InChI=1S/C19H24ClN7.ClH/c1-2-27-11-22-16-17(23-13-7-5-6-12(20)10-13)25-19(26-18(16)27)24-15-9-4-3-8-14(15)21;/h5-7,10-11,14-15H,2-4,8-9,21H2,1H3,(H2,23,24,25,26);1H/p-1/t14-,15+;/m0./s1. The van der Waals surface area contributed by atoms with E-state index in [9.17, 15) is 0 Å². The number of nitrogens with zero attached hydrogens (tertiary/aromatic N) is 4. The van der Waals surface area contributed by atoms with E-state index < -0.39 is 0 Å². The van der Waals surface area contributed by atoms with E-state index in [0.717, 1.165) is 36.2 Å². The molecule has 0 amide bonds. The van der Waals surface area contributed by atoms with E-state index in [1.807, 2.05) is 28.8 Å². The lowest BCUT2D eigenvalue weighted by Crippen LogP contribution is -3.00. The van der Waals surface area contributed by atoms with Crippen LogP contribution in [-0.2, 0) is 6.54 Å². The van der Waals surface area contributed by atoms with Crippen molar-refractivity contribution < 1.29 is 12.4 Å². The number of aromatic nitrogens is 4. The summed E-state index contributed by atoms with van der Waals surface area (Å²) in [5, 5.41) is 7.44. The molecule has 1 fully saturated rings. The molecular formula is C19H24Cl2N7-. The van der Waals surface area contributed by atoms with Crippen molar-refractivity contribution in [1.29, 1.82) is 0 Å². The van der Waals surface area contributed by atoms with Gasteiger partial charge in [0.1, 0.15) is 0 Å². The van der Waals surface area contributed by atoms with E-state index in [1.54, 1.807) is 6.33 Å². The average molecular weight is 421 g/mol. The quantitative estimate of drug-likeness (QED) is 0.568. The highest BCUT2D eigenvalue weighted by atomic mass is 35.5. The molecule has 1 aliphatic rings. The van der Waals surface area contributed by atoms with Gasteiger partial charge in [0.2, 0.25) is 5.95 Å². The fourth-order valence-electron chi connectivity index (χ4n) is 3.53. The molecule has 2 atom stereocenters. The van der Waals surface area contributed by atoms with Crippen LogP contribution < -0.4 is 28.8 Å². The van der Waals surface area contributed by atoms with Crippen LogP contribution >= 0.6 is 11.6 Å². The predicted octanol–water partition coefficient (Wildman–Crippen LogP) is 0.929. The molecule has 4 N–H and O–H groups in total. The molecule has 0 unspecified atom stereocenters. The fourth-order valence-corrected chi connectivity index (χ4v) is 3.73. The third kappa shape index (κ3) is 4.32. The van der Waals surface area contributed by atoms with Gasteiger partial charge in [0.25, 0.3) is 0 Å². The van der Waals surface area contributed by atoms with Crippen molar-refractivity contribution in [3.8, 4) is 0 Å². The van der Waals surface area contributed by atoms with Gasteiger partial charge in [-0.05, 0) is 38.0 Å². The second-order valence-electron chi connectivity index (χ2n) is 6.93. The molecule has 3 aromatic rings. The zero-order chi connectivity index (χ0) is 18.8. The van der Waals surface area contributed by atoms with Crippen LogP contribution in [0.4, 0.5) is 17.5 Å². The van der Waals surface area contributed by atoms with Crippen LogP contribution in [0.15, 0.2) is 30.6 Å². The Balaban J connectivity index is 0.00000225. The molecule has 7 nitrogen and oxygen atoms in total. The highest BCUT2D eigenvalue weighted by Gasteiger charge is 2.23. The highest BCUT2D eigenvalue weighted by molar-refractivity contribution is 6.30. The molecule has 1 aliphatic carbocycles. The molecule has 28 heavy (non-hydrogen) atoms. The van der Waals surface area contributed by atoms with Gasteiger partial charge < -0.3 is 33.3 Å². The van der Waals surface area contributed by atoms with E-state index >= 15 is 0 Å². The lowest BCUT2D eigenvalue weighted by Gasteiger charge is -2.29. The Morgan fingerprint density at radius 1 is 1.25 bits per heavy atom. The lowest BCUT2D eigenvalue weighted by atomic mass is 9.91. The number of hydrogen-bond acceptors (Lipinski definition) is 6. The summed E-state index contributed by atoms with van der Waals surface area (Å²) in [6.45, 7) is 2.85. The van der Waals surface area contributed by atoms with Crippen LogP contribution in [-0.4, -0.2) is 31.6 Å². The van der Waals surface area contributed by atoms with Gasteiger partial charge in [-0.1, -0.05) is 30.5 Å². The molecule has 2 heterocycles. The third-order valence-electron chi connectivity index (χ3n) is 5.03. The number of nitrogens with one attached hydrogen (secondary N) is 2. The highest BCUT2D eigenvalue weighted by Crippen LogP contribution is 2.27. The number of anilines is 3. The smallest absolute Gasteiger partial charge is 0.227 e. The largest absolute Gasteiger partial charge is 1.00 e. The van der Waals surface area contributed by atoms with Crippen molar-refractivity contribution in [1.82, 2.24) is 19.5 Å². The zero-order valence-electron chi connectivity index (χ0n) is 15.7. The van der Waals surface area contributed by atoms with Gasteiger partial charge in [-0.15, -0.1) is 0 Å². The van der Waals surface area contributed by atoms with Gasteiger partial charge in [-0.2, -0.15) is 9.97 Å². The summed E-state index contributed by atoms with van der Waals surface area (Å²) in [5.74, 6) is 1.23. The SMILES string of the molecule is CCn1cnc2c(Nc3cccc(Cl)c3)nc(N[C@@H]3CCCC[C@@H]3N)nc21.[Cl-]. The first-order valence-corrected chi connectivity index (χ1v) is 9.79. The van der Waals surface area contributed by atoms with Crippen LogP contribution in [0.2, 0.25) is 5.02 Å². The number of halogens is 2. The Hall–Kier alpha value is -2.09. The number of hydrogen-bond donors (Lipinski definition) is 3. The van der Waals surface area contributed by atoms with Crippen molar-refractivity contribution in [2.24, 2.45) is 5.73 Å². The van der Waals surface area contributed by atoms with Gasteiger partial charge in [0, 0.05) is 29.3 Å². The van der Waals surface area contributed by atoms with Gasteiger partial charge in [-0.25, -0.2) is 4.98 Å². The van der Waals surface area contributed by atoms with Crippen LogP contribution in [0.5, 0.6) is 0 Å². The van der Waals surface area contributed by atoms with E-state index in [1.165, 1.54) is 12.8 Å². The second kappa shape index (κ2) is 8.94. The molecule has 150 valence electrons. The third-order valence-corrected chi connectivity index (χ3v) is 5.26. The van der Waals surface area contributed by atoms with E-state index in [2.05, 4.69) is 22.5 Å². The maximum Gasteiger partial charge on any atom is 0.227 e. The predicted molar refractivity (Wildman–Crippen MR) is 110 cm³/mol. The molecule has 2 aromatic heterocycles. The maximum atomic E-state index is 6.29. The Morgan fingerprint density at radius 3 is 2.82 bits per heavy atom. The molecule has 0 aliphatic heterocycles. The minimum absolute atomic E-state index is 0. The van der Waals surface area contributed by atoms with Gasteiger partial charge in [0.05, 0.1) is 6.33 Å². The van der Waals surface area contributed by atoms with Crippen molar-refractivity contribution in [3.63, 3.8) is 0 Å². The molecular weight excluding hydrogens is 397 g/mol. The first-order valence-electron chi connectivity index (χ1n) is 9.41. The summed E-state index contributed by atoms with van der Waals surface area (Å²) in [6, 6.07) is 7.85. The molecule has 0 saturated heterocycles. The average Bonchev–Trinajstić information content (AvgIpc) is 3.07.